The number of ketones is 1. The first-order chi connectivity index (χ1) is 9.13. The number of benzene rings is 2. The van der Waals surface area contributed by atoms with E-state index in [0.29, 0.717) is 6.42 Å². The van der Waals surface area contributed by atoms with E-state index in [2.05, 4.69) is 0 Å². The number of carbonyl (C=O) groups excluding carboxylic acids is 1. The highest BCUT2D eigenvalue weighted by Gasteiger charge is 2.12. The van der Waals surface area contributed by atoms with Crippen molar-refractivity contribution in [2.45, 2.75) is 25.9 Å². The van der Waals surface area contributed by atoms with Crippen LogP contribution in [-0.2, 0) is 4.79 Å². The van der Waals surface area contributed by atoms with Crippen LogP contribution in [0.2, 0.25) is 0 Å². The topological polar surface area (TPSA) is 46.5 Å². The molecule has 0 spiro atoms. The smallest absolute Gasteiger partial charge is 0.135 e. The largest absolute Gasteiger partial charge is 0.497 e. The average molecular weight is 258 g/mol. The third kappa shape index (κ3) is 3.12. The predicted octanol–water partition coefficient (Wildman–Crippen LogP) is 3.25. The molecule has 0 unspecified atom stereocenters. The quantitative estimate of drug-likeness (QED) is 0.895. The summed E-state index contributed by atoms with van der Waals surface area (Å²) in [7, 11) is 1.63. The van der Waals surface area contributed by atoms with E-state index in [1.807, 2.05) is 43.3 Å². The van der Waals surface area contributed by atoms with Crippen molar-refractivity contribution in [3.05, 3.63) is 42.0 Å². The lowest BCUT2D eigenvalue weighted by Crippen LogP contribution is -2.05. The molecule has 3 nitrogen and oxygen atoms in total. The van der Waals surface area contributed by atoms with Crippen molar-refractivity contribution < 1.29 is 14.6 Å². The summed E-state index contributed by atoms with van der Waals surface area (Å²) in [5, 5.41) is 12.1. The summed E-state index contributed by atoms with van der Waals surface area (Å²) in [4.78, 5) is 11.4. The predicted molar refractivity (Wildman–Crippen MR) is 75.4 cm³/mol. The van der Waals surface area contributed by atoms with E-state index >= 15 is 0 Å². The average Bonchev–Trinajstić information content (AvgIpc) is 2.45. The van der Waals surface area contributed by atoms with E-state index in [0.717, 1.165) is 22.1 Å². The van der Waals surface area contributed by atoms with Crippen LogP contribution < -0.4 is 4.74 Å². The van der Waals surface area contributed by atoms with Gasteiger partial charge in [-0.3, -0.25) is 4.79 Å². The molecule has 0 bridgehead atoms. The first kappa shape index (κ1) is 13.6. The van der Waals surface area contributed by atoms with Crippen LogP contribution in [0.4, 0.5) is 0 Å². The maximum Gasteiger partial charge on any atom is 0.135 e. The lowest BCUT2D eigenvalue weighted by Gasteiger charge is -2.11. The number of methoxy groups -OCH3 is 1. The van der Waals surface area contributed by atoms with Gasteiger partial charge in [-0.1, -0.05) is 25.1 Å². The monoisotopic (exact) mass is 258 g/mol. The molecule has 0 heterocycles. The Morgan fingerprint density at radius 1 is 1.21 bits per heavy atom. The Balaban J connectivity index is 2.28. The Morgan fingerprint density at radius 3 is 2.58 bits per heavy atom. The number of hydrogen-bond acceptors (Lipinski definition) is 3. The number of hydrogen-bond donors (Lipinski definition) is 1. The van der Waals surface area contributed by atoms with E-state index in [1.54, 1.807) is 7.11 Å². The minimum atomic E-state index is -0.723. The van der Waals surface area contributed by atoms with Gasteiger partial charge < -0.3 is 9.84 Å². The van der Waals surface area contributed by atoms with Crippen LogP contribution in [0, 0.1) is 0 Å². The van der Waals surface area contributed by atoms with Gasteiger partial charge in [-0.05, 0) is 34.5 Å². The molecule has 100 valence electrons. The second kappa shape index (κ2) is 5.85. The molecule has 0 saturated heterocycles. The molecule has 19 heavy (non-hydrogen) atoms. The normalized spacial score (nSPS) is 12.4. The fourth-order valence-electron chi connectivity index (χ4n) is 2.05. The zero-order valence-corrected chi connectivity index (χ0v) is 11.2. The molecule has 1 N–H and O–H groups in total. The van der Waals surface area contributed by atoms with Crippen molar-refractivity contribution in [2.24, 2.45) is 0 Å². The van der Waals surface area contributed by atoms with Crippen LogP contribution in [0.25, 0.3) is 10.8 Å². The molecule has 0 aliphatic carbocycles. The highest BCUT2D eigenvalue weighted by molar-refractivity contribution is 5.85. The van der Waals surface area contributed by atoms with E-state index in [9.17, 15) is 9.90 Å². The Kier molecular flexibility index (Phi) is 4.17. The molecule has 3 heteroatoms. The summed E-state index contributed by atoms with van der Waals surface area (Å²) in [6.45, 7) is 1.81. The van der Waals surface area contributed by atoms with Gasteiger partial charge in [0.25, 0.3) is 0 Å². The van der Waals surface area contributed by atoms with Crippen molar-refractivity contribution in [1.29, 1.82) is 0 Å². The molecular weight excluding hydrogens is 240 g/mol. The van der Waals surface area contributed by atoms with Crippen molar-refractivity contribution in [3.63, 3.8) is 0 Å². The van der Waals surface area contributed by atoms with E-state index in [1.165, 1.54) is 0 Å². The molecule has 1 atom stereocenters. The standard InChI is InChI=1S/C16H18O3/c1-3-14(17)10-16(18)13-5-4-12-9-15(19-2)7-6-11(12)8-13/h4-9,16,18H,3,10H2,1-2H3/t16-/m0/s1. The zero-order valence-electron chi connectivity index (χ0n) is 11.2. The second-order valence-corrected chi connectivity index (χ2v) is 4.58. The Morgan fingerprint density at radius 2 is 1.89 bits per heavy atom. The van der Waals surface area contributed by atoms with Gasteiger partial charge in [0.1, 0.15) is 11.5 Å². The van der Waals surface area contributed by atoms with Crippen molar-refractivity contribution in [3.8, 4) is 5.75 Å². The minimum Gasteiger partial charge on any atom is -0.497 e. The van der Waals surface area contributed by atoms with Gasteiger partial charge in [0.05, 0.1) is 13.2 Å². The van der Waals surface area contributed by atoms with Gasteiger partial charge in [0.15, 0.2) is 0 Å². The summed E-state index contributed by atoms with van der Waals surface area (Å²) in [5.74, 6) is 0.879. The maximum atomic E-state index is 11.4. The van der Waals surface area contributed by atoms with E-state index < -0.39 is 6.10 Å². The first-order valence-electron chi connectivity index (χ1n) is 6.41. The van der Waals surface area contributed by atoms with Crippen LogP contribution in [0.5, 0.6) is 5.75 Å². The van der Waals surface area contributed by atoms with E-state index in [-0.39, 0.29) is 12.2 Å². The summed E-state index contributed by atoms with van der Waals surface area (Å²) in [5.41, 5.74) is 0.777. The van der Waals surface area contributed by atoms with Crippen LogP contribution in [0.3, 0.4) is 0 Å². The van der Waals surface area contributed by atoms with Crippen molar-refractivity contribution in [1.82, 2.24) is 0 Å². The van der Waals surface area contributed by atoms with Gasteiger partial charge >= 0.3 is 0 Å². The molecular formula is C16H18O3. The van der Waals surface area contributed by atoms with Gasteiger partial charge in [-0.15, -0.1) is 0 Å². The SMILES string of the molecule is CCC(=O)C[C@H](O)c1ccc2cc(OC)ccc2c1. The summed E-state index contributed by atoms with van der Waals surface area (Å²) in [6, 6.07) is 11.5. The third-order valence-electron chi connectivity index (χ3n) is 3.27. The van der Waals surface area contributed by atoms with Crippen LogP contribution in [0.1, 0.15) is 31.4 Å². The van der Waals surface area contributed by atoms with Crippen LogP contribution in [-0.4, -0.2) is 18.0 Å². The summed E-state index contributed by atoms with van der Waals surface area (Å²) < 4.78 is 5.17. The molecule has 0 amide bonds. The highest BCUT2D eigenvalue weighted by Crippen LogP contribution is 2.25. The lowest BCUT2D eigenvalue weighted by atomic mass is 9.99. The number of fused-ring (bicyclic) bond motifs is 1. The van der Waals surface area contributed by atoms with Gasteiger partial charge in [-0.25, -0.2) is 0 Å². The number of aliphatic hydroxyl groups excluding tert-OH is 1. The Bertz CT molecular complexity index is 590. The number of aliphatic hydroxyl groups is 1. The molecule has 2 aromatic rings. The molecule has 0 aromatic heterocycles. The lowest BCUT2D eigenvalue weighted by molar-refractivity contribution is -0.120. The number of ether oxygens (including phenoxy) is 1. The molecule has 0 radical (unpaired) electrons. The van der Waals surface area contributed by atoms with Crippen LogP contribution >= 0.6 is 0 Å². The number of rotatable bonds is 5. The fourth-order valence-corrected chi connectivity index (χ4v) is 2.05. The zero-order chi connectivity index (χ0) is 13.8. The molecule has 0 saturated carbocycles. The molecule has 0 aliphatic heterocycles. The van der Waals surface area contributed by atoms with Gasteiger partial charge in [-0.2, -0.15) is 0 Å². The van der Waals surface area contributed by atoms with E-state index in [4.69, 9.17) is 4.74 Å². The highest BCUT2D eigenvalue weighted by atomic mass is 16.5. The van der Waals surface area contributed by atoms with Crippen molar-refractivity contribution >= 4 is 16.6 Å². The Hall–Kier alpha value is -1.87. The maximum absolute atomic E-state index is 11.4. The fraction of sp³-hybridized carbons (Fsp3) is 0.312. The summed E-state index contributed by atoms with van der Waals surface area (Å²) >= 11 is 0. The molecule has 0 aliphatic rings. The first-order valence-corrected chi connectivity index (χ1v) is 6.41. The molecule has 2 rings (SSSR count). The second-order valence-electron chi connectivity index (χ2n) is 4.58. The Labute approximate surface area is 112 Å². The third-order valence-corrected chi connectivity index (χ3v) is 3.27. The van der Waals surface area contributed by atoms with Crippen molar-refractivity contribution in [2.75, 3.05) is 7.11 Å². The number of carbonyl (C=O) groups is 1. The molecule has 0 fully saturated rings. The molecule has 2 aromatic carbocycles. The van der Waals surface area contributed by atoms with Crippen LogP contribution in [0.15, 0.2) is 36.4 Å². The number of Topliss-reactive ketones (excluding diaryl/α,β-unsaturated/α-hetero) is 1. The minimum absolute atomic E-state index is 0.0716. The summed E-state index contributed by atoms with van der Waals surface area (Å²) in [6.07, 6.45) is -0.0843. The van der Waals surface area contributed by atoms with Gasteiger partial charge in [0.2, 0.25) is 0 Å². The van der Waals surface area contributed by atoms with Gasteiger partial charge in [0, 0.05) is 12.8 Å².